The average molecular weight is 430 g/mol. The molecule has 1 aromatic heterocycles. The molecule has 1 heterocycles. The van der Waals surface area contributed by atoms with Gasteiger partial charge in [0.1, 0.15) is 17.4 Å². The fourth-order valence-corrected chi connectivity index (χ4v) is 3.41. The number of nitrogens with one attached hydrogen (secondary N) is 1. The zero-order valence-corrected chi connectivity index (χ0v) is 18.2. The summed E-state index contributed by atoms with van der Waals surface area (Å²) in [7, 11) is 1.49. The van der Waals surface area contributed by atoms with E-state index >= 15 is 0 Å². The minimum atomic E-state index is -0.519. The van der Waals surface area contributed by atoms with E-state index in [1.165, 1.54) is 31.4 Å². The van der Waals surface area contributed by atoms with Gasteiger partial charge < -0.3 is 14.6 Å². The lowest BCUT2D eigenvalue weighted by atomic mass is 10.1. The lowest BCUT2D eigenvalue weighted by Gasteiger charge is -2.14. The van der Waals surface area contributed by atoms with Gasteiger partial charge in [-0.05, 0) is 56.7 Å². The quantitative estimate of drug-likeness (QED) is 0.260. The molecular weight excluding hydrogens is 408 g/mol. The number of nitrogens with zero attached hydrogens (tertiary/aromatic N) is 3. The van der Waals surface area contributed by atoms with Crippen LogP contribution in [0.5, 0.6) is 5.75 Å². The first-order valence-corrected chi connectivity index (χ1v) is 9.76. The van der Waals surface area contributed by atoms with Crippen LogP contribution in [0.1, 0.15) is 22.5 Å². The second-order valence-corrected chi connectivity index (χ2v) is 7.27. The van der Waals surface area contributed by atoms with Crippen LogP contribution in [-0.4, -0.2) is 22.5 Å². The molecule has 0 fully saturated rings. The van der Waals surface area contributed by atoms with Crippen molar-refractivity contribution < 1.29 is 14.5 Å². The molecule has 162 valence electrons. The third kappa shape index (κ3) is 4.52. The van der Waals surface area contributed by atoms with E-state index in [2.05, 4.69) is 5.32 Å². The van der Waals surface area contributed by atoms with Crippen LogP contribution in [0.25, 0.3) is 11.8 Å². The molecule has 3 aromatic rings. The van der Waals surface area contributed by atoms with Crippen molar-refractivity contribution in [2.75, 3.05) is 12.4 Å². The summed E-state index contributed by atoms with van der Waals surface area (Å²) in [6.45, 7) is 5.59. The Morgan fingerprint density at radius 1 is 1.16 bits per heavy atom. The van der Waals surface area contributed by atoms with Gasteiger partial charge in [-0.2, -0.15) is 5.26 Å². The first-order chi connectivity index (χ1) is 15.2. The fourth-order valence-electron chi connectivity index (χ4n) is 3.41. The number of aromatic nitrogens is 1. The van der Waals surface area contributed by atoms with Gasteiger partial charge in [0.05, 0.1) is 17.7 Å². The van der Waals surface area contributed by atoms with Gasteiger partial charge in [-0.1, -0.05) is 17.7 Å². The van der Waals surface area contributed by atoms with Crippen LogP contribution >= 0.6 is 0 Å². The van der Waals surface area contributed by atoms with E-state index in [-0.39, 0.29) is 11.3 Å². The van der Waals surface area contributed by atoms with Crippen molar-refractivity contribution in [3.63, 3.8) is 0 Å². The summed E-state index contributed by atoms with van der Waals surface area (Å²) in [4.78, 5) is 23.4. The zero-order valence-electron chi connectivity index (χ0n) is 18.2. The number of aryl methyl sites for hydroxylation is 2. The number of amides is 1. The molecule has 0 aliphatic heterocycles. The monoisotopic (exact) mass is 430 g/mol. The molecule has 8 nitrogen and oxygen atoms in total. The van der Waals surface area contributed by atoms with Gasteiger partial charge >= 0.3 is 0 Å². The highest BCUT2D eigenvalue weighted by molar-refractivity contribution is 6.09. The second-order valence-electron chi connectivity index (χ2n) is 7.27. The van der Waals surface area contributed by atoms with Gasteiger partial charge in [-0.3, -0.25) is 14.9 Å². The molecule has 0 aliphatic rings. The van der Waals surface area contributed by atoms with Crippen molar-refractivity contribution in [1.82, 2.24) is 4.57 Å². The Balaban J connectivity index is 2.01. The Hall–Kier alpha value is -4.38. The largest absolute Gasteiger partial charge is 0.495 e. The van der Waals surface area contributed by atoms with E-state index in [0.717, 1.165) is 11.3 Å². The number of hydrogen-bond donors (Lipinski definition) is 1. The van der Waals surface area contributed by atoms with Crippen LogP contribution in [0.3, 0.4) is 0 Å². The molecule has 0 spiro atoms. The summed E-state index contributed by atoms with van der Waals surface area (Å²) in [6.07, 6.45) is 1.51. The molecule has 32 heavy (non-hydrogen) atoms. The van der Waals surface area contributed by atoms with Crippen molar-refractivity contribution >= 4 is 23.4 Å². The Morgan fingerprint density at radius 3 is 2.44 bits per heavy atom. The van der Waals surface area contributed by atoms with E-state index in [9.17, 15) is 20.2 Å². The number of non-ortho nitro benzene ring substituents is 1. The third-order valence-electron chi connectivity index (χ3n) is 5.06. The van der Waals surface area contributed by atoms with E-state index in [4.69, 9.17) is 4.74 Å². The summed E-state index contributed by atoms with van der Waals surface area (Å²) in [6, 6.07) is 15.4. The van der Waals surface area contributed by atoms with Gasteiger partial charge in [0.2, 0.25) is 0 Å². The van der Waals surface area contributed by atoms with Crippen molar-refractivity contribution in [2.24, 2.45) is 0 Å². The summed E-state index contributed by atoms with van der Waals surface area (Å²) in [5.41, 5.74) is 4.14. The molecular formula is C24H22N4O4. The fraction of sp³-hybridized carbons (Fsp3) is 0.167. The Kier molecular flexibility index (Phi) is 6.40. The molecule has 0 bridgehead atoms. The van der Waals surface area contributed by atoms with E-state index in [1.807, 2.05) is 45.0 Å². The number of nitro groups is 1. The second kappa shape index (κ2) is 9.18. The van der Waals surface area contributed by atoms with Crippen molar-refractivity contribution in [2.45, 2.75) is 20.8 Å². The Bertz CT molecular complexity index is 1260. The number of rotatable bonds is 6. The number of nitriles is 1. The minimum absolute atomic E-state index is 0.0585. The number of anilines is 1. The van der Waals surface area contributed by atoms with Crippen LogP contribution in [0.2, 0.25) is 0 Å². The average Bonchev–Trinajstić information content (AvgIpc) is 3.05. The van der Waals surface area contributed by atoms with Crippen LogP contribution in [0.4, 0.5) is 11.4 Å². The molecule has 1 amide bonds. The summed E-state index contributed by atoms with van der Waals surface area (Å²) in [5.74, 6) is -0.0559. The van der Waals surface area contributed by atoms with E-state index in [0.29, 0.717) is 28.4 Å². The number of carbonyl (C=O) groups is 1. The SMILES string of the molecule is COc1ccc([N+](=O)[O-])cc1-n1c(C)cc(/C=C(/C#N)C(=O)Nc2ccc(C)cc2)c1C. The smallest absolute Gasteiger partial charge is 0.271 e. The molecule has 0 unspecified atom stereocenters. The molecule has 0 atom stereocenters. The van der Waals surface area contributed by atoms with Crippen LogP contribution in [0, 0.1) is 42.2 Å². The Labute approximate surface area is 185 Å². The first kappa shape index (κ1) is 22.3. The number of carbonyl (C=O) groups excluding carboxylic acids is 1. The number of nitro benzene ring substituents is 1. The van der Waals surface area contributed by atoms with Gasteiger partial charge in [0, 0.05) is 29.2 Å². The summed E-state index contributed by atoms with van der Waals surface area (Å²) in [5, 5.41) is 23.5. The maximum absolute atomic E-state index is 12.6. The highest BCUT2D eigenvalue weighted by atomic mass is 16.6. The van der Waals surface area contributed by atoms with E-state index in [1.54, 1.807) is 16.7 Å². The number of benzene rings is 2. The minimum Gasteiger partial charge on any atom is -0.495 e. The van der Waals surface area contributed by atoms with Crippen molar-refractivity contribution in [3.05, 3.63) is 86.7 Å². The van der Waals surface area contributed by atoms with Gasteiger partial charge in [-0.15, -0.1) is 0 Å². The predicted molar refractivity (Wildman–Crippen MR) is 122 cm³/mol. The lowest BCUT2D eigenvalue weighted by molar-refractivity contribution is -0.384. The molecule has 0 saturated carbocycles. The van der Waals surface area contributed by atoms with Crippen LogP contribution < -0.4 is 10.1 Å². The lowest BCUT2D eigenvalue weighted by Crippen LogP contribution is -2.13. The van der Waals surface area contributed by atoms with Gasteiger partial charge in [-0.25, -0.2) is 0 Å². The third-order valence-corrected chi connectivity index (χ3v) is 5.06. The summed E-state index contributed by atoms with van der Waals surface area (Å²) >= 11 is 0. The molecule has 3 rings (SSSR count). The van der Waals surface area contributed by atoms with Crippen molar-refractivity contribution in [3.8, 4) is 17.5 Å². The van der Waals surface area contributed by atoms with Crippen molar-refractivity contribution in [1.29, 1.82) is 5.26 Å². The molecule has 0 aliphatic carbocycles. The van der Waals surface area contributed by atoms with Gasteiger partial charge in [0.25, 0.3) is 11.6 Å². The Morgan fingerprint density at radius 2 is 1.84 bits per heavy atom. The number of hydrogen-bond acceptors (Lipinski definition) is 5. The normalized spacial score (nSPS) is 11.0. The molecule has 1 N–H and O–H groups in total. The summed E-state index contributed by atoms with van der Waals surface area (Å²) < 4.78 is 7.19. The maximum atomic E-state index is 12.6. The number of methoxy groups -OCH3 is 1. The first-order valence-electron chi connectivity index (χ1n) is 9.76. The molecule has 0 saturated heterocycles. The van der Waals surface area contributed by atoms with Crippen LogP contribution in [-0.2, 0) is 4.79 Å². The molecule has 0 radical (unpaired) electrons. The predicted octanol–water partition coefficient (Wildman–Crippen LogP) is 4.87. The zero-order chi connectivity index (χ0) is 23.4. The van der Waals surface area contributed by atoms with E-state index < -0.39 is 10.8 Å². The number of ether oxygens (including phenoxy) is 1. The standard InChI is InChI=1S/C24H22N4O4/c1-15-5-7-20(8-6-15)26-24(29)19(14-25)12-18-11-16(2)27(17(18)3)22-13-21(28(30)31)9-10-23(22)32-4/h5-13H,1-4H3,(H,26,29)/b19-12-. The van der Waals surface area contributed by atoms with Crippen LogP contribution in [0.15, 0.2) is 54.1 Å². The molecule has 2 aromatic carbocycles. The van der Waals surface area contributed by atoms with Gasteiger partial charge in [0.15, 0.2) is 0 Å². The highest BCUT2D eigenvalue weighted by Crippen LogP contribution is 2.32. The molecule has 8 heteroatoms. The maximum Gasteiger partial charge on any atom is 0.271 e. The topological polar surface area (TPSA) is 110 Å². The highest BCUT2D eigenvalue weighted by Gasteiger charge is 2.18.